The van der Waals surface area contributed by atoms with Crippen LogP contribution in [0.1, 0.15) is 5.69 Å². The maximum Gasteiger partial charge on any atom is 0.113 e. The van der Waals surface area contributed by atoms with Gasteiger partial charge in [0, 0.05) is 29.2 Å². The summed E-state index contributed by atoms with van der Waals surface area (Å²) in [6.07, 6.45) is 5.12. The Morgan fingerprint density at radius 3 is 2.79 bits per heavy atom. The van der Waals surface area contributed by atoms with Gasteiger partial charge in [-0.15, -0.1) is 0 Å². The Balaban J connectivity index is 2.56. The van der Waals surface area contributed by atoms with Crippen LogP contribution < -0.4 is 0 Å². The highest BCUT2D eigenvalue weighted by atomic mass is 32.1. The van der Waals surface area contributed by atoms with Gasteiger partial charge in [-0.25, -0.2) is 4.98 Å². The van der Waals surface area contributed by atoms with Crippen molar-refractivity contribution in [3.05, 3.63) is 41.2 Å². The summed E-state index contributed by atoms with van der Waals surface area (Å²) in [6, 6.07) is 3.94. The molecule has 0 aliphatic rings. The Labute approximate surface area is 86.9 Å². The predicted octanol–water partition coefficient (Wildman–Crippen LogP) is 2.51. The molecular weight excluding hydrogens is 194 g/mol. The summed E-state index contributed by atoms with van der Waals surface area (Å²) in [4.78, 5) is 11.1. The summed E-state index contributed by atoms with van der Waals surface area (Å²) in [6.45, 7) is 1.95. The van der Waals surface area contributed by atoms with E-state index in [0.29, 0.717) is 4.64 Å². The fourth-order valence-electron chi connectivity index (χ4n) is 1.18. The molecule has 0 fully saturated rings. The smallest absolute Gasteiger partial charge is 0.113 e. The monoisotopic (exact) mass is 203 g/mol. The molecule has 0 bridgehead atoms. The lowest BCUT2D eigenvalue weighted by Gasteiger charge is -2.00. The molecule has 0 atom stereocenters. The SMILES string of the molecule is Cc1ccc(-c2cnc[nH]c2=S)cn1. The third-order valence-electron chi connectivity index (χ3n) is 1.94. The molecule has 0 unspecified atom stereocenters. The molecule has 3 nitrogen and oxygen atoms in total. The molecule has 0 radical (unpaired) electrons. The van der Waals surface area contributed by atoms with Gasteiger partial charge >= 0.3 is 0 Å². The zero-order chi connectivity index (χ0) is 9.97. The first-order valence-electron chi connectivity index (χ1n) is 4.23. The van der Waals surface area contributed by atoms with Gasteiger partial charge in [-0.1, -0.05) is 18.3 Å². The minimum atomic E-state index is 0.686. The van der Waals surface area contributed by atoms with E-state index in [1.807, 2.05) is 19.1 Å². The molecule has 2 heterocycles. The Bertz CT molecular complexity index is 487. The number of aromatic amines is 1. The third kappa shape index (κ3) is 1.70. The zero-order valence-electron chi connectivity index (χ0n) is 7.69. The van der Waals surface area contributed by atoms with Crippen LogP contribution in [0.3, 0.4) is 0 Å². The lowest BCUT2D eigenvalue weighted by molar-refractivity contribution is 1.14. The van der Waals surface area contributed by atoms with Crippen molar-refractivity contribution in [1.29, 1.82) is 0 Å². The van der Waals surface area contributed by atoms with E-state index in [4.69, 9.17) is 12.2 Å². The second kappa shape index (κ2) is 3.67. The molecule has 0 aliphatic carbocycles. The van der Waals surface area contributed by atoms with Crippen LogP contribution in [0.2, 0.25) is 0 Å². The van der Waals surface area contributed by atoms with Gasteiger partial charge in [0.15, 0.2) is 0 Å². The van der Waals surface area contributed by atoms with Crippen LogP contribution >= 0.6 is 12.2 Å². The molecule has 2 aromatic rings. The van der Waals surface area contributed by atoms with Gasteiger partial charge in [-0.05, 0) is 13.0 Å². The summed E-state index contributed by atoms with van der Waals surface area (Å²) >= 11 is 5.14. The lowest BCUT2D eigenvalue weighted by Crippen LogP contribution is -1.86. The molecule has 14 heavy (non-hydrogen) atoms. The lowest BCUT2D eigenvalue weighted by atomic mass is 10.1. The van der Waals surface area contributed by atoms with Gasteiger partial charge in [0.05, 0.1) is 6.33 Å². The number of hydrogen-bond donors (Lipinski definition) is 1. The van der Waals surface area contributed by atoms with Crippen molar-refractivity contribution in [2.24, 2.45) is 0 Å². The van der Waals surface area contributed by atoms with E-state index in [1.165, 1.54) is 0 Å². The molecule has 0 saturated carbocycles. The highest BCUT2D eigenvalue weighted by Gasteiger charge is 1.99. The minimum absolute atomic E-state index is 0.686. The molecule has 0 amide bonds. The highest BCUT2D eigenvalue weighted by Crippen LogP contribution is 2.17. The van der Waals surface area contributed by atoms with E-state index < -0.39 is 0 Å². The van der Waals surface area contributed by atoms with Gasteiger partial charge in [0.2, 0.25) is 0 Å². The molecular formula is C10H9N3S. The van der Waals surface area contributed by atoms with Gasteiger partial charge in [0.25, 0.3) is 0 Å². The molecule has 0 aliphatic heterocycles. The van der Waals surface area contributed by atoms with Crippen molar-refractivity contribution >= 4 is 12.2 Å². The largest absolute Gasteiger partial charge is 0.337 e. The minimum Gasteiger partial charge on any atom is -0.337 e. The van der Waals surface area contributed by atoms with Crippen LogP contribution in [0.15, 0.2) is 30.9 Å². The van der Waals surface area contributed by atoms with E-state index in [-0.39, 0.29) is 0 Å². The van der Waals surface area contributed by atoms with Gasteiger partial charge in [-0.3, -0.25) is 4.98 Å². The van der Waals surface area contributed by atoms with E-state index in [9.17, 15) is 0 Å². The molecule has 70 valence electrons. The third-order valence-corrected chi connectivity index (χ3v) is 2.28. The quantitative estimate of drug-likeness (QED) is 0.724. The second-order valence-electron chi connectivity index (χ2n) is 2.98. The number of nitrogens with one attached hydrogen (secondary N) is 1. The second-order valence-corrected chi connectivity index (χ2v) is 3.39. The van der Waals surface area contributed by atoms with E-state index >= 15 is 0 Å². The molecule has 2 aromatic heterocycles. The maximum absolute atomic E-state index is 5.14. The van der Waals surface area contributed by atoms with Crippen LogP contribution in [0.4, 0.5) is 0 Å². The van der Waals surface area contributed by atoms with E-state index in [2.05, 4.69) is 15.0 Å². The summed E-state index contributed by atoms with van der Waals surface area (Å²) in [5.41, 5.74) is 2.90. The highest BCUT2D eigenvalue weighted by molar-refractivity contribution is 7.71. The number of pyridine rings is 1. The van der Waals surface area contributed by atoms with Crippen molar-refractivity contribution in [3.63, 3.8) is 0 Å². The molecule has 0 spiro atoms. The average Bonchev–Trinajstić information content (AvgIpc) is 2.20. The van der Waals surface area contributed by atoms with Crippen LogP contribution in [0, 0.1) is 11.6 Å². The predicted molar refractivity (Wildman–Crippen MR) is 57.4 cm³/mol. The molecule has 1 N–H and O–H groups in total. The summed E-state index contributed by atoms with van der Waals surface area (Å²) < 4.78 is 0.686. The molecule has 4 heteroatoms. The van der Waals surface area contributed by atoms with Crippen molar-refractivity contribution in [1.82, 2.24) is 15.0 Å². The number of H-pyrrole nitrogens is 1. The Hall–Kier alpha value is -1.55. The van der Waals surface area contributed by atoms with Crippen LogP contribution in [-0.2, 0) is 0 Å². The number of aromatic nitrogens is 3. The van der Waals surface area contributed by atoms with Crippen molar-refractivity contribution in [2.75, 3.05) is 0 Å². The number of rotatable bonds is 1. The molecule has 0 aromatic carbocycles. The zero-order valence-corrected chi connectivity index (χ0v) is 8.51. The molecule has 2 rings (SSSR count). The van der Waals surface area contributed by atoms with Crippen molar-refractivity contribution in [3.8, 4) is 11.1 Å². The van der Waals surface area contributed by atoms with Crippen LogP contribution in [0.5, 0.6) is 0 Å². The number of nitrogens with zero attached hydrogens (tertiary/aromatic N) is 2. The van der Waals surface area contributed by atoms with Crippen LogP contribution in [0.25, 0.3) is 11.1 Å². The van der Waals surface area contributed by atoms with Crippen molar-refractivity contribution < 1.29 is 0 Å². The first kappa shape index (κ1) is 9.02. The first-order chi connectivity index (χ1) is 6.77. The van der Waals surface area contributed by atoms with E-state index in [0.717, 1.165) is 16.8 Å². The number of aryl methyl sites for hydroxylation is 1. The fraction of sp³-hybridized carbons (Fsp3) is 0.100. The standard InChI is InChI=1S/C10H9N3S/c1-7-2-3-8(4-12-7)9-5-11-6-13-10(9)14/h2-6H,1H3,(H,11,13,14). The Kier molecular flexibility index (Phi) is 2.37. The topological polar surface area (TPSA) is 41.6 Å². The number of hydrogen-bond acceptors (Lipinski definition) is 3. The summed E-state index contributed by atoms with van der Waals surface area (Å²) in [7, 11) is 0. The first-order valence-corrected chi connectivity index (χ1v) is 4.64. The Morgan fingerprint density at radius 2 is 2.14 bits per heavy atom. The molecule has 0 saturated heterocycles. The average molecular weight is 203 g/mol. The normalized spacial score (nSPS) is 10.1. The fourth-order valence-corrected chi connectivity index (χ4v) is 1.40. The maximum atomic E-state index is 5.14. The van der Waals surface area contributed by atoms with Gasteiger partial charge in [-0.2, -0.15) is 0 Å². The van der Waals surface area contributed by atoms with Crippen molar-refractivity contribution in [2.45, 2.75) is 6.92 Å². The van der Waals surface area contributed by atoms with Gasteiger partial charge < -0.3 is 4.98 Å². The van der Waals surface area contributed by atoms with Crippen LogP contribution in [-0.4, -0.2) is 15.0 Å². The Morgan fingerprint density at radius 1 is 1.29 bits per heavy atom. The summed E-state index contributed by atoms with van der Waals surface area (Å²) in [5, 5.41) is 0. The summed E-state index contributed by atoms with van der Waals surface area (Å²) in [5.74, 6) is 0. The van der Waals surface area contributed by atoms with Gasteiger partial charge in [0.1, 0.15) is 4.64 Å². The van der Waals surface area contributed by atoms with E-state index in [1.54, 1.807) is 18.7 Å².